The number of nitrogens with zero attached hydrogens (tertiary/aromatic N) is 3. The number of hydrogen-bond acceptors (Lipinski definition) is 6. The van der Waals surface area contributed by atoms with E-state index in [9.17, 15) is 14.8 Å². The number of benzene rings is 1. The van der Waals surface area contributed by atoms with Gasteiger partial charge >= 0.3 is 5.97 Å². The van der Waals surface area contributed by atoms with Gasteiger partial charge in [-0.15, -0.1) is 0 Å². The van der Waals surface area contributed by atoms with E-state index in [1.165, 1.54) is 6.20 Å². The first-order valence-corrected chi connectivity index (χ1v) is 9.53. The minimum Gasteiger partial charge on any atom is -0.618 e. The molecule has 2 heterocycles. The summed E-state index contributed by atoms with van der Waals surface area (Å²) in [5, 5.41) is 21.5. The summed E-state index contributed by atoms with van der Waals surface area (Å²) >= 11 is 1.05. The number of aryl methyl sites for hydroxylation is 1. The molecule has 142 valence electrons. The number of carbonyl (C=O) groups excluding carboxylic acids is 2. The molecule has 3 rings (SSSR count). The average molecular weight is 395 g/mol. The fourth-order valence-corrected chi connectivity index (χ4v) is 3.46. The van der Waals surface area contributed by atoms with Crippen molar-refractivity contribution < 1.29 is 19.1 Å². The van der Waals surface area contributed by atoms with Crippen molar-refractivity contribution in [2.45, 2.75) is 18.0 Å². The van der Waals surface area contributed by atoms with E-state index in [-0.39, 0.29) is 18.1 Å². The number of ether oxygens (including phenoxy) is 1. The Kier molecular flexibility index (Phi) is 6.29. The van der Waals surface area contributed by atoms with E-state index in [2.05, 4.69) is 6.07 Å². The molecule has 0 radical (unpaired) electrons. The zero-order chi connectivity index (χ0) is 19.9. The van der Waals surface area contributed by atoms with Crippen LogP contribution in [-0.4, -0.2) is 28.7 Å². The lowest BCUT2D eigenvalue weighted by atomic mass is 10.1. The second-order valence-corrected chi connectivity index (χ2v) is 6.89. The Labute approximate surface area is 165 Å². The summed E-state index contributed by atoms with van der Waals surface area (Å²) in [5.41, 5.74) is 1.31. The van der Waals surface area contributed by atoms with E-state index < -0.39 is 5.97 Å². The highest BCUT2D eigenvalue weighted by molar-refractivity contribution is 7.99. The van der Waals surface area contributed by atoms with Crippen molar-refractivity contribution in [1.29, 1.82) is 5.26 Å². The van der Waals surface area contributed by atoms with E-state index in [1.807, 2.05) is 28.8 Å². The molecular weight excluding hydrogens is 378 g/mol. The minimum atomic E-state index is -0.574. The molecule has 3 aromatic rings. The van der Waals surface area contributed by atoms with Gasteiger partial charge in [-0.2, -0.15) is 9.99 Å². The number of Topliss-reactive ketones (excluding diaryl/α,β-unsaturated/α-hetero) is 1. The third kappa shape index (κ3) is 4.50. The molecule has 0 spiro atoms. The van der Waals surface area contributed by atoms with Crippen molar-refractivity contribution in [1.82, 2.24) is 4.57 Å². The Balaban J connectivity index is 1.62. The van der Waals surface area contributed by atoms with Gasteiger partial charge < -0.3 is 14.5 Å². The van der Waals surface area contributed by atoms with Gasteiger partial charge in [0.05, 0.1) is 12.5 Å². The normalized spacial score (nSPS) is 10.5. The molecule has 0 bridgehead atoms. The second-order valence-electron chi connectivity index (χ2n) is 5.90. The summed E-state index contributed by atoms with van der Waals surface area (Å²) in [5.74, 6) is -0.956. The Bertz CT molecular complexity index is 1060. The van der Waals surface area contributed by atoms with Gasteiger partial charge in [0.2, 0.25) is 5.78 Å². The maximum Gasteiger partial charge on any atom is 0.316 e. The lowest BCUT2D eigenvalue weighted by molar-refractivity contribution is -0.645. The first-order chi connectivity index (χ1) is 13.6. The van der Waals surface area contributed by atoms with E-state index in [4.69, 9.17) is 10.00 Å². The fourth-order valence-electron chi connectivity index (χ4n) is 2.75. The molecule has 28 heavy (non-hydrogen) atoms. The summed E-state index contributed by atoms with van der Waals surface area (Å²) in [4.78, 5) is 24.5. The van der Waals surface area contributed by atoms with Gasteiger partial charge in [0.1, 0.15) is 5.75 Å². The van der Waals surface area contributed by atoms with E-state index in [0.29, 0.717) is 28.3 Å². The molecule has 0 unspecified atom stereocenters. The van der Waals surface area contributed by atoms with Crippen LogP contribution in [0.1, 0.15) is 16.8 Å². The van der Waals surface area contributed by atoms with E-state index >= 15 is 0 Å². The van der Waals surface area contributed by atoms with Crippen molar-refractivity contribution >= 4 is 34.4 Å². The van der Waals surface area contributed by atoms with Crippen LogP contribution in [-0.2, 0) is 16.1 Å². The third-order valence-corrected chi connectivity index (χ3v) is 5.04. The number of thioether (sulfide) groups is 1. The smallest absolute Gasteiger partial charge is 0.316 e. The highest BCUT2D eigenvalue weighted by Gasteiger charge is 2.17. The standard InChI is InChI=1S/C20H17N3O4S/c21-9-5-10-22-12-16(15-6-1-2-7-17(15)22)18(24)13-27-20(25)14-28-19-8-3-4-11-23(19)26/h1-4,6-8,11-12H,5,10,13-14H2. The molecule has 0 N–H and O–H groups in total. The molecule has 2 aromatic heterocycles. The number of nitriles is 1. The molecule has 0 aliphatic carbocycles. The van der Waals surface area contributed by atoms with Gasteiger partial charge in [0.25, 0.3) is 5.03 Å². The van der Waals surface area contributed by atoms with Crippen LogP contribution in [0.4, 0.5) is 0 Å². The topological polar surface area (TPSA) is 99.0 Å². The number of carbonyl (C=O) groups is 2. The molecule has 0 aliphatic rings. The number of hydrogen-bond donors (Lipinski definition) is 0. The van der Waals surface area contributed by atoms with Crippen LogP contribution in [0.15, 0.2) is 59.9 Å². The van der Waals surface area contributed by atoms with Crippen LogP contribution in [0, 0.1) is 16.5 Å². The highest BCUT2D eigenvalue weighted by atomic mass is 32.2. The molecular formula is C20H17N3O4S. The van der Waals surface area contributed by atoms with Gasteiger partial charge in [-0.1, -0.05) is 18.2 Å². The second kappa shape index (κ2) is 9.06. The Morgan fingerprint density at radius 1 is 1.21 bits per heavy atom. The molecule has 0 aliphatic heterocycles. The molecule has 0 fully saturated rings. The predicted octanol–water partition coefficient (Wildman–Crippen LogP) is 2.71. The molecule has 1 aromatic carbocycles. The van der Waals surface area contributed by atoms with Gasteiger partial charge in [-0.05, 0) is 23.9 Å². The molecule has 0 saturated heterocycles. The van der Waals surface area contributed by atoms with Crippen molar-refractivity contribution in [2.75, 3.05) is 12.4 Å². The Hall–Kier alpha value is -3.31. The fraction of sp³-hybridized carbons (Fsp3) is 0.200. The first-order valence-electron chi connectivity index (χ1n) is 8.55. The van der Waals surface area contributed by atoms with E-state index in [1.54, 1.807) is 24.4 Å². The summed E-state index contributed by atoms with van der Waals surface area (Å²) < 4.78 is 7.60. The van der Waals surface area contributed by atoms with Crippen LogP contribution in [0.5, 0.6) is 0 Å². The van der Waals surface area contributed by atoms with Gasteiger partial charge in [-0.3, -0.25) is 9.59 Å². The van der Waals surface area contributed by atoms with Crippen LogP contribution in [0.25, 0.3) is 10.9 Å². The number of para-hydroxylation sites is 1. The lowest BCUT2D eigenvalue weighted by Gasteiger charge is -2.04. The van der Waals surface area contributed by atoms with Crippen LogP contribution in [0.3, 0.4) is 0 Å². The van der Waals surface area contributed by atoms with Gasteiger partial charge in [-0.25, -0.2) is 0 Å². The number of fused-ring (bicyclic) bond motifs is 1. The number of pyridine rings is 1. The summed E-state index contributed by atoms with van der Waals surface area (Å²) in [6.07, 6.45) is 3.37. The zero-order valence-corrected chi connectivity index (χ0v) is 15.7. The maximum absolute atomic E-state index is 12.6. The number of rotatable bonds is 8. The number of esters is 1. The van der Waals surface area contributed by atoms with Crippen molar-refractivity contribution in [2.24, 2.45) is 0 Å². The molecule has 0 amide bonds. The molecule has 0 atom stereocenters. The molecule has 7 nitrogen and oxygen atoms in total. The number of ketones is 1. The van der Waals surface area contributed by atoms with Crippen LogP contribution >= 0.6 is 11.8 Å². The lowest BCUT2D eigenvalue weighted by Crippen LogP contribution is -2.28. The van der Waals surface area contributed by atoms with Gasteiger partial charge in [0.15, 0.2) is 12.8 Å². The van der Waals surface area contributed by atoms with Crippen molar-refractivity contribution in [3.63, 3.8) is 0 Å². The van der Waals surface area contributed by atoms with Crippen molar-refractivity contribution in [3.8, 4) is 6.07 Å². The summed E-state index contributed by atoms with van der Waals surface area (Å²) in [6, 6.07) is 14.4. The zero-order valence-electron chi connectivity index (χ0n) is 14.9. The molecule has 0 saturated carbocycles. The Morgan fingerprint density at radius 3 is 2.79 bits per heavy atom. The number of aromatic nitrogens is 2. The minimum absolute atomic E-state index is 0.0660. The average Bonchev–Trinajstić information content (AvgIpc) is 3.08. The first kappa shape index (κ1) is 19.5. The summed E-state index contributed by atoms with van der Waals surface area (Å²) in [7, 11) is 0. The quantitative estimate of drug-likeness (QED) is 0.191. The SMILES string of the molecule is N#CCCn1cc(C(=O)COC(=O)CSc2cccc[n+]2[O-])c2ccccc21. The summed E-state index contributed by atoms with van der Waals surface area (Å²) in [6.45, 7) is 0.102. The highest BCUT2D eigenvalue weighted by Crippen LogP contribution is 2.22. The Morgan fingerprint density at radius 2 is 2.00 bits per heavy atom. The molecule has 8 heteroatoms. The van der Waals surface area contributed by atoms with Crippen LogP contribution < -0.4 is 4.73 Å². The van der Waals surface area contributed by atoms with E-state index in [0.717, 1.165) is 22.7 Å². The van der Waals surface area contributed by atoms with Gasteiger partial charge in [0, 0.05) is 41.3 Å². The van der Waals surface area contributed by atoms with Crippen molar-refractivity contribution in [3.05, 3.63) is 65.6 Å². The predicted molar refractivity (Wildman–Crippen MR) is 104 cm³/mol. The monoisotopic (exact) mass is 395 g/mol. The van der Waals surface area contributed by atoms with Crippen LogP contribution in [0.2, 0.25) is 0 Å². The largest absolute Gasteiger partial charge is 0.618 e. The maximum atomic E-state index is 12.6. The third-order valence-electron chi connectivity index (χ3n) is 4.04.